The molecule has 6 nitrogen and oxygen atoms in total. The van der Waals surface area contributed by atoms with Gasteiger partial charge in [0.1, 0.15) is 5.69 Å². The molecule has 1 saturated heterocycles. The summed E-state index contributed by atoms with van der Waals surface area (Å²) in [7, 11) is -3.27. The van der Waals surface area contributed by atoms with Crippen LogP contribution in [0.1, 0.15) is 55.6 Å². The van der Waals surface area contributed by atoms with Crippen LogP contribution >= 0.6 is 0 Å². The second kappa shape index (κ2) is 9.05. The van der Waals surface area contributed by atoms with Crippen molar-refractivity contribution in [2.24, 2.45) is 0 Å². The van der Waals surface area contributed by atoms with Crippen molar-refractivity contribution in [2.75, 3.05) is 19.6 Å². The van der Waals surface area contributed by atoms with Crippen LogP contribution in [-0.4, -0.2) is 49.1 Å². The van der Waals surface area contributed by atoms with Gasteiger partial charge in [-0.25, -0.2) is 13.1 Å². The molecule has 1 amide bonds. The van der Waals surface area contributed by atoms with E-state index < -0.39 is 15.3 Å². The normalized spacial score (nSPS) is 15.7. The summed E-state index contributed by atoms with van der Waals surface area (Å²) in [4.78, 5) is 18.7. The number of likely N-dealkylation sites (tertiary alicyclic amines) is 1. The summed E-state index contributed by atoms with van der Waals surface area (Å²) in [6.45, 7) is 7.30. The monoisotopic (exact) mass is 415 g/mol. The largest absolute Gasteiger partial charge is 0.337 e. The van der Waals surface area contributed by atoms with Crippen molar-refractivity contribution >= 4 is 15.9 Å². The maximum Gasteiger partial charge on any atom is 0.272 e. The number of aromatic nitrogens is 1. The first kappa shape index (κ1) is 21.5. The fourth-order valence-electron chi connectivity index (χ4n) is 3.34. The Bertz CT molecular complexity index is 950. The van der Waals surface area contributed by atoms with Gasteiger partial charge >= 0.3 is 0 Å². The van der Waals surface area contributed by atoms with Crippen molar-refractivity contribution < 1.29 is 13.2 Å². The van der Waals surface area contributed by atoms with E-state index in [-0.39, 0.29) is 11.8 Å². The van der Waals surface area contributed by atoms with Gasteiger partial charge in [-0.05, 0) is 61.4 Å². The number of sulfonamides is 1. The van der Waals surface area contributed by atoms with Crippen LogP contribution in [-0.2, 0) is 10.0 Å². The zero-order valence-corrected chi connectivity index (χ0v) is 18.1. The summed E-state index contributed by atoms with van der Waals surface area (Å²) in [5.41, 5.74) is 3.48. The summed E-state index contributed by atoms with van der Waals surface area (Å²) < 4.78 is 26.6. The fourth-order valence-corrected chi connectivity index (χ4v) is 4.15. The number of hydrogen-bond donors (Lipinski definition) is 1. The zero-order chi connectivity index (χ0) is 21.0. The lowest BCUT2D eigenvalue weighted by Gasteiger charge is -2.16. The average Bonchev–Trinajstić information content (AvgIpc) is 3.26. The topological polar surface area (TPSA) is 79.4 Å². The number of carbonyl (C=O) groups excluding carboxylic acids is 1. The van der Waals surface area contributed by atoms with Crippen LogP contribution in [0.4, 0.5) is 0 Å². The maximum atomic E-state index is 12.6. The number of nitrogens with one attached hydrogen (secondary N) is 1. The molecule has 2 heterocycles. The Hall–Kier alpha value is -2.25. The molecule has 1 atom stereocenters. The van der Waals surface area contributed by atoms with Gasteiger partial charge in [0, 0.05) is 25.8 Å². The predicted molar refractivity (Wildman–Crippen MR) is 115 cm³/mol. The average molecular weight is 416 g/mol. The molecule has 0 aliphatic carbocycles. The third kappa shape index (κ3) is 5.22. The molecule has 0 unspecified atom stereocenters. The Kier molecular flexibility index (Phi) is 6.70. The van der Waals surface area contributed by atoms with Crippen LogP contribution in [0.2, 0.25) is 0 Å². The highest BCUT2D eigenvalue weighted by Gasteiger charge is 2.21. The Morgan fingerprint density at radius 1 is 1.07 bits per heavy atom. The molecule has 1 aliphatic heterocycles. The van der Waals surface area contributed by atoms with E-state index in [1.165, 1.54) is 0 Å². The van der Waals surface area contributed by atoms with Gasteiger partial charge in [0.2, 0.25) is 10.0 Å². The minimum atomic E-state index is -3.27. The van der Waals surface area contributed by atoms with Crippen molar-refractivity contribution in [3.8, 4) is 11.1 Å². The molecule has 0 spiro atoms. The maximum absolute atomic E-state index is 12.6. The lowest BCUT2D eigenvalue weighted by Crippen LogP contribution is -2.33. The van der Waals surface area contributed by atoms with Gasteiger partial charge in [-0.3, -0.25) is 9.78 Å². The van der Waals surface area contributed by atoms with E-state index in [2.05, 4.69) is 9.71 Å². The lowest BCUT2D eigenvalue weighted by molar-refractivity contribution is 0.0787. The van der Waals surface area contributed by atoms with Gasteiger partial charge < -0.3 is 4.90 Å². The molecule has 1 fully saturated rings. The Labute approximate surface area is 173 Å². The number of nitrogens with zero attached hydrogens (tertiary/aromatic N) is 2. The van der Waals surface area contributed by atoms with Crippen LogP contribution < -0.4 is 4.72 Å². The van der Waals surface area contributed by atoms with Crippen molar-refractivity contribution in [3.63, 3.8) is 0 Å². The summed E-state index contributed by atoms with van der Waals surface area (Å²) in [5.74, 6) is 0.0503. The highest BCUT2D eigenvalue weighted by atomic mass is 32.2. The molecular weight excluding hydrogens is 386 g/mol. The Balaban J connectivity index is 1.70. The number of pyridine rings is 1. The van der Waals surface area contributed by atoms with E-state index in [9.17, 15) is 13.2 Å². The van der Waals surface area contributed by atoms with E-state index in [1.54, 1.807) is 20.0 Å². The van der Waals surface area contributed by atoms with Crippen LogP contribution in [0.3, 0.4) is 0 Å². The number of benzene rings is 1. The molecule has 1 aliphatic rings. The molecule has 1 aromatic heterocycles. The fraction of sp³-hybridized carbons (Fsp3) is 0.455. The molecule has 29 heavy (non-hydrogen) atoms. The first-order valence-corrected chi connectivity index (χ1v) is 11.7. The van der Waals surface area contributed by atoms with Crippen molar-refractivity contribution in [1.29, 1.82) is 0 Å². The summed E-state index contributed by atoms with van der Waals surface area (Å²) in [5, 5.41) is -0.443. The summed E-state index contributed by atoms with van der Waals surface area (Å²) in [6.07, 6.45) is 3.78. The van der Waals surface area contributed by atoms with Crippen molar-refractivity contribution in [2.45, 2.75) is 44.8 Å². The quantitative estimate of drug-likeness (QED) is 0.751. The molecule has 0 bridgehead atoms. The molecule has 2 aromatic rings. The van der Waals surface area contributed by atoms with Gasteiger partial charge in [-0.15, -0.1) is 0 Å². The lowest BCUT2D eigenvalue weighted by atomic mass is 9.98. The van der Waals surface area contributed by atoms with Crippen molar-refractivity contribution in [3.05, 3.63) is 53.9 Å². The number of amides is 1. The minimum Gasteiger partial charge on any atom is -0.337 e. The van der Waals surface area contributed by atoms with Gasteiger partial charge in [-0.1, -0.05) is 31.2 Å². The molecule has 0 radical (unpaired) electrons. The number of rotatable bonds is 7. The van der Waals surface area contributed by atoms with Crippen LogP contribution in [0.5, 0.6) is 0 Å². The summed E-state index contributed by atoms with van der Waals surface area (Å²) >= 11 is 0. The molecule has 0 saturated carbocycles. The molecule has 7 heteroatoms. The first-order chi connectivity index (χ1) is 13.8. The van der Waals surface area contributed by atoms with Crippen LogP contribution in [0.15, 0.2) is 42.6 Å². The van der Waals surface area contributed by atoms with Gasteiger partial charge in [0.05, 0.1) is 5.25 Å². The SMILES string of the molecule is CC(C)S(=O)(=O)NC[C@H](C)c1ccc(-c2ccnc(C(=O)N3CCCC3)c2)cc1. The van der Waals surface area contributed by atoms with E-state index in [4.69, 9.17) is 0 Å². The molecule has 1 aromatic carbocycles. The number of hydrogen-bond acceptors (Lipinski definition) is 4. The minimum absolute atomic E-state index is 0.00738. The predicted octanol–water partition coefficient (Wildman–Crippen LogP) is 3.42. The summed E-state index contributed by atoms with van der Waals surface area (Å²) in [6, 6.07) is 11.8. The Morgan fingerprint density at radius 2 is 1.72 bits per heavy atom. The van der Waals surface area contributed by atoms with E-state index in [1.807, 2.05) is 48.2 Å². The van der Waals surface area contributed by atoms with Crippen LogP contribution in [0, 0.1) is 0 Å². The van der Waals surface area contributed by atoms with E-state index in [0.717, 1.165) is 42.6 Å². The molecule has 1 N–H and O–H groups in total. The second-order valence-electron chi connectivity index (χ2n) is 7.89. The standard InChI is InChI=1S/C22H29N3O3S/c1-16(2)29(27,28)24-15-17(3)18-6-8-19(9-7-18)20-10-11-23-21(14-20)22(26)25-12-4-5-13-25/h6-11,14,16-17,24H,4-5,12-13,15H2,1-3H3/t17-/m0/s1. The van der Waals surface area contributed by atoms with Gasteiger partial charge in [0.15, 0.2) is 0 Å². The highest BCUT2D eigenvalue weighted by Crippen LogP contribution is 2.24. The van der Waals surface area contributed by atoms with Crippen LogP contribution in [0.25, 0.3) is 11.1 Å². The molecular formula is C22H29N3O3S. The Morgan fingerprint density at radius 3 is 2.34 bits per heavy atom. The van der Waals surface area contributed by atoms with E-state index in [0.29, 0.717) is 12.2 Å². The molecule has 156 valence electrons. The highest BCUT2D eigenvalue weighted by molar-refractivity contribution is 7.90. The zero-order valence-electron chi connectivity index (χ0n) is 17.3. The second-order valence-corrected chi connectivity index (χ2v) is 10.2. The smallest absolute Gasteiger partial charge is 0.272 e. The number of carbonyl (C=O) groups is 1. The third-order valence-electron chi connectivity index (χ3n) is 5.40. The van der Waals surface area contributed by atoms with Crippen molar-refractivity contribution in [1.82, 2.24) is 14.6 Å². The molecule has 3 rings (SSSR count). The third-order valence-corrected chi connectivity index (χ3v) is 7.21. The van der Waals surface area contributed by atoms with E-state index >= 15 is 0 Å². The van der Waals surface area contributed by atoms with Gasteiger partial charge in [0.25, 0.3) is 5.91 Å². The van der Waals surface area contributed by atoms with Gasteiger partial charge in [-0.2, -0.15) is 0 Å². The first-order valence-electron chi connectivity index (χ1n) is 10.1.